The van der Waals surface area contributed by atoms with Gasteiger partial charge in [0.1, 0.15) is 5.75 Å². The van der Waals surface area contributed by atoms with Gasteiger partial charge in [-0.3, -0.25) is 4.79 Å². The Morgan fingerprint density at radius 1 is 1.44 bits per heavy atom. The molecule has 0 spiro atoms. The smallest absolute Gasteiger partial charge is 0.237 e. The standard InChI is InChI=1S/C12H18N2O2/c1-2-3-11(13)12(16)14-8-9-4-6-10(15)7-5-9/h4-7,11,15H,2-3,8,13H2,1H3,(H,14,16). The summed E-state index contributed by atoms with van der Waals surface area (Å²) in [4.78, 5) is 11.5. The van der Waals surface area contributed by atoms with Crippen molar-refractivity contribution < 1.29 is 9.90 Å². The van der Waals surface area contributed by atoms with Crippen molar-refractivity contribution in [2.45, 2.75) is 32.4 Å². The second kappa shape index (κ2) is 6.12. The average molecular weight is 222 g/mol. The van der Waals surface area contributed by atoms with Gasteiger partial charge in [-0.05, 0) is 24.1 Å². The lowest BCUT2D eigenvalue weighted by Gasteiger charge is -2.11. The second-order valence-corrected chi connectivity index (χ2v) is 3.78. The van der Waals surface area contributed by atoms with Gasteiger partial charge in [0.05, 0.1) is 6.04 Å². The molecular formula is C12H18N2O2. The normalized spacial score (nSPS) is 12.1. The highest BCUT2D eigenvalue weighted by molar-refractivity contribution is 5.81. The van der Waals surface area contributed by atoms with E-state index in [0.717, 1.165) is 12.0 Å². The molecule has 0 fully saturated rings. The first-order chi connectivity index (χ1) is 7.63. The molecule has 0 saturated heterocycles. The van der Waals surface area contributed by atoms with Gasteiger partial charge >= 0.3 is 0 Å². The van der Waals surface area contributed by atoms with Crippen LogP contribution in [-0.2, 0) is 11.3 Å². The van der Waals surface area contributed by atoms with Crippen molar-refractivity contribution >= 4 is 5.91 Å². The van der Waals surface area contributed by atoms with Crippen LogP contribution in [0.2, 0.25) is 0 Å². The monoisotopic (exact) mass is 222 g/mol. The molecule has 1 amide bonds. The summed E-state index contributed by atoms with van der Waals surface area (Å²) in [5.41, 5.74) is 6.60. The Balaban J connectivity index is 2.39. The van der Waals surface area contributed by atoms with Gasteiger partial charge in [-0.1, -0.05) is 25.5 Å². The number of nitrogens with two attached hydrogens (primary N) is 1. The summed E-state index contributed by atoms with van der Waals surface area (Å²) in [5.74, 6) is 0.0904. The van der Waals surface area contributed by atoms with Crippen LogP contribution in [0.4, 0.5) is 0 Å². The number of benzene rings is 1. The molecule has 0 aromatic heterocycles. The first-order valence-corrected chi connectivity index (χ1v) is 5.44. The number of phenolic OH excluding ortho intramolecular Hbond substituents is 1. The van der Waals surface area contributed by atoms with E-state index in [2.05, 4.69) is 5.32 Å². The third-order valence-corrected chi connectivity index (χ3v) is 2.34. The van der Waals surface area contributed by atoms with E-state index in [1.807, 2.05) is 6.92 Å². The maximum Gasteiger partial charge on any atom is 0.237 e. The topological polar surface area (TPSA) is 75.4 Å². The summed E-state index contributed by atoms with van der Waals surface area (Å²) < 4.78 is 0. The Morgan fingerprint density at radius 2 is 2.06 bits per heavy atom. The van der Waals surface area contributed by atoms with E-state index >= 15 is 0 Å². The molecule has 1 rings (SSSR count). The highest BCUT2D eigenvalue weighted by Gasteiger charge is 2.11. The predicted octanol–water partition coefficient (Wildman–Crippen LogP) is 1.14. The Hall–Kier alpha value is -1.55. The molecule has 0 aliphatic carbocycles. The molecule has 4 heteroatoms. The van der Waals surface area contributed by atoms with Crippen LogP contribution in [0.25, 0.3) is 0 Å². The first kappa shape index (κ1) is 12.5. The van der Waals surface area contributed by atoms with Gasteiger partial charge in [0, 0.05) is 6.54 Å². The third kappa shape index (κ3) is 3.90. The number of amides is 1. The summed E-state index contributed by atoms with van der Waals surface area (Å²) in [7, 11) is 0. The SMILES string of the molecule is CCCC(N)C(=O)NCc1ccc(O)cc1. The number of carbonyl (C=O) groups is 1. The predicted molar refractivity (Wildman–Crippen MR) is 62.8 cm³/mol. The fraction of sp³-hybridized carbons (Fsp3) is 0.417. The third-order valence-electron chi connectivity index (χ3n) is 2.34. The van der Waals surface area contributed by atoms with Gasteiger partial charge in [-0.2, -0.15) is 0 Å². The van der Waals surface area contributed by atoms with Crippen molar-refractivity contribution in [1.29, 1.82) is 0 Å². The van der Waals surface area contributed by atoms with Gasteiger partial charge in [-0.15, -0.1) is 0 Å². The van der Waals surface area contributed by atoms with E-state index in [0.29, 0.717) is 13.0 Å². The minimum Gasteiger partial charge on any atom is -0.508 e. The lowest BCUT2D eigenvalue weighted by Crippen LogP contribution is -2.40. The Morgan fingerprint density at radius 3 is 2.62 bits per heavy atom. The van der Waals surface area contributed by atoms with Crippen LogP contribution in [0.1, 0.15) is 25.3 Å². The number of hydrogen-bond acceptors (Lipinski definition) is 3. The number of phenols is 1. The number of carbonyl (C=O) groups excluding carboxylic acids is 1. The number of nitrogens with one attached hydrogen (secondary N) is 1. The molecule has 1 atom stereocenters. The van der Waals surface area contributed by atoms with E-state index in [-0.39, 0.29) is 11.7 Å². The molecule has 4 N–H and O–H groups in total. The van der Waals surface area contributed by atoms with Gasteiger partial charge in [0.15, 0.2) is 0 Å². The zero-order valence-electron chi connectivity index (χ0n) is 9.44. The summed E-state index contributed by atoms with van der Waals surface area (Å²) in [6, 6.07) is 6.28. The zero-order chi connectivity index (χ0) is 12.0. The highest BCUT2D eigenvalue weighted by atomic mass is 16.3. The molecule has 0 radical (unpaired) electrons. The van der Waals surface area contributed by atoms with E-state index in [4.69, 9.17) is 10.8 Å². The van der Waals surface area contributed by atoms with E-state index in [9.17, 15) is 4.79 Å². The van der Waals surface area contributed by atoms with Crippen molar-refractivity contribution in [2.24, 2.45) is 5.73 Å². The maximum absolute atomic E-state index is 11.5. The van der Waals surface area contributed by atoms with E-state index in [1.165, 1.54) is 0 Å². The van der Waals surface area contributed by atoms with Crippen molar-refractivity contribution in [2.75, 3.05) is 0 Å². The molecule has 0 aliphatic heterocycles. The molecule has 0 heterocycles. The molecule has 88 valence electrons. The largest absolute Gasteiger partial charge is 0.508 e. The Kier molecular flexibility index (Phi) is 4.79. The summed E-state index contributed by atoms with van der Waals surface area (Å²) in [5, 5.41) is 11.8. The molecule has 0 saturated carbocycles. The minimum absolute atomic E-state index is 0.130. The van der Waals surface area contributed by atoms with Gasteiger partial charge < -0.3 is 16.2 Å². The number of rotatable bonds is 5. The van der Waals surface area contributed by atoms with E-state index < -0.39 is 6.04 Å². The Labute approximate surface area is 95.5 Å². The lowest BCUT2D eigenvalue weighted by atomic mass is 10.1. The van der Waals surface area contributed by atoms with Crippen molar-refractivity contribution in [3.63, 3.8) is 0 Å². The fourth-order valence-corrected chi connectivity index (χ4v) is 1.38. The van der Waals surface area contributed by atoms with Crippen LogP contribution >= 0.6 is 0 Å². The molecular weight excluding hydrogens is 204 g/mol. The average Bonchev–Trinajstić information content (AvgIpc) is 2.28. The van der Waals surface area contributed by atoms with Crippen molar-refractivity contribution in [3.8, 4) is 5.75 Å². The van der Waals surface area contributed by atoms with Gasteiger partial charge in [0.25, 0.3) is 0 Å². The van der Waals surface area contributed by atoms with Crippen molar-refractivity contribution in [3.05, 3.63) is 29.8 Å². The highest BCUT2D eigenvalue weighted by Crippen LogP contribution is 2.09. The lowest BCUT2D eigenvalue weighted by molar-refractivity contribution is -0.122. The number of aromatic hydroxyl groups is 1. The maximum atomic E-state index is 11.5. The van der Waals surface area contributed by atoms with Crippen LogP contribution in [0.5, 0.6) is 5.75 Å². The minimum atomic E-state index is -0.429. The van der Waals surface area contributed by atoms with Crippen LogP contribution in [-0.4, -0.2) is 17.1 Å². The molecule has 0 aliphatic rings. The molecule has 0 bridgehead atoms. The summed E-state index contributed by atoms with van der Waals surface area (Å²) in [6.45, 7) is 2.43. The van der Waals surface area contributed by atoms with Crippen LogP contribution in [0.15, 0.2) is 24.3 Å². The van der Waals surface area contributed by atoms with E-state index in [1.54, 1.807) is 24.3 Å². The fourth-order valence-electron chi connectivity index (χ4n) is 1.38. The Bertz CT molecular complexity index is 335. The molecule has 4 nitrogen and oxygen atoms in total. The molecule has 1 unspecified atom stereocenters. The zero-order valence-corrected chi connectivity index (χ0v) is 9.44. The first-order valence-electron chi connectivity index (χ1n) is 5.44. The van der Waals surface area contributed by atoms with Gasteiger partial charge in [-0.25, -0.2) is 0 Å². The van der Waals surface area contributed by atoms with Crippen LogP contribution < -0.4 is 11.1 Å². The summed E-state index contributed by atoms with van der Waals surface area (Å²) in [6.07, 6.45) is 1.59. The molecule has 1 aromatic rings. The van der Waals surface area contributed by atoms with Crippen molar-refractivity contribution in [1.82, 2.24) is 5.32 Å². The number of hydrogen-bond donors (Lipinski definition) is 3. The quantitative estimate of drug-likeness (QED) is 0.699. The second-order valence-electron chi connectivity index (χ2n) is 3.78. The van der Waals surface area contributed by atoms with Gasteiger partial charge in [0.2, 0.25) is 5.91 Å². The van der Waals surface area contributed by atoms with Crippen LogP contribution in [0.3, 0.4) is 0 Å². The molecule has 1 aromatic carbocycles. The van der Waals surface area contributed by atoms with Crippen LogP contribution in [0, 0.1) is 0 Å². The molecule has 16 heavy (non-hydrogen) atoms. The summed E-state index contributed by atoms with van der Waals surface area (Å²) >= 11 is 0.